The number of hydrogen-bond acceptors (Lipinski definition) is 3. The zero-order chi connectivity index (χ0) is 18.3. The summed E-state index contributed by atoms with van der Waals surface area (Å²) in [5.74, 6) is 0.938. The third kappa shape index (κ3) is 5.44. The molecule has 0 saturated carbocycles. The molecule has 1 aromatic rings. The molecule has 25 heavy (non-hydrogen) atoms. The minimum atomic E-state index is -3.07. The highest BCUT2D eigenvalue weighted by molar-refractivity contribution is 7.89. The second-order valence-corrected chi connectivity index (χ2v) is 8.52. The quantitative estimate of drug-likeness (QED) is 0.594. The van der Waals surface area contributed by atoms with Crippen LogP contribution in [0.1, 0.15) is 37.8 Å². The maximum Gasteiger partial charge on any atom is 0.213 e. The van der Waals surface area contributed by atoms with Crippen LogP contribution in [-0.4, -0.2) is 50.6 Å². The van der Waals surface area contributed by atoms with Crippen LogP contribution in [0.5, 0.6) is 0 Å². The van der Waals surface area contributed by atoms with Crippen LogP contribution < -0.4 is 10.6 Å². The molecular weight excluding hydrogens is 336 g/mol. The van der Waals surface area contributed by atoms with E-state index < -0.39 is 10.0 Å². The van der Waals surface area contributed by atoms with Gasteiger partial charge >= 0.3 is 0 Å². The first-order valence-corrected chi connectivity index (χ1v) is 10.6. The van der Waals surface area contributed by atoms with Crippen molar-refractivity contribution in [3.63, 3.8) is 0 Å². The largest absolute Gasteiger partial charge is 0.354 e. The number of guanidine groups is 1. The van der Waals surface area contributed by atoms with Gasteiger partial charge in [0.2, 0.25) is 10.0 Å². The van der Waals surface area contributed by atoms with Crippen LogP contribution in [0.2, 0.25) is 0 Å². The van der Waals surface area contributed by atoms with Crippen LogP contribution in [0.3, 0.4) is 0 Å². The number of nitrogens with one attached hydrogen (secondary N) is 2. The summed E-state index contributed by atoms with van der Waals surface area (Å²) >= 11 is 0. The van der Waals surface area contributed by atoms with Crippen LogP contribution in [0.15, 0.2) is 29.3 Å². The van der Waals surface area contributed by atoms with E-state index in [9.17, 15) is 8.42 Å². The van der Waals surface area contributed by atoms with Gasteiger partial charge in [0.1, 0.15) is 0 Å². The smallest absolute Gasteiger partial charge is 0.213 e. The number of benzene rings is 1. The molecule has 2 N–H and O–H groups in total. The van der Waals surface area contributed by atoms with Gasteiger partial charge in [0, 0.05) is 32.7 Å². The van der Waals surface area contributed by atoms with E-state index in [1.165, 1.54) is 11.1 Å². The second-order valence-electron chi connectivity index (χ2n) is 6.27. The Morgan fingerprint density at radius 2 is 1.84 bits per heavy atom. The minimum absolute atomic E-state index is 0.172. The molecule has 1 saturated heterocycles. The molecule has 7 heteroatoms. The number of sulfonamides is 1. The van der Waals surface area contributed by atoms with Crippen molar-refractivity contribution < 1.29 is 8.42 Å². The van der Waals surface area contributed by atoms with Gasteiger partial charge in [-0.2, -0.15) is 0 Å². The van der Waals surface area contributed by atoms with Gasteiger partial charge in [-0.05, 0) is 37.3 Å². The lowest BCUT2D eigenvalue weighted by atomic mass is 10.1. The van der Waals surface area contributed by atoms with Gasteiger partial charge in [-0.15, -0.1) is 0 Å². The predicted molar refractivity (Wildman–Crippen MR) is 103 cm³/mol. The second kappa shape index (κ2) is 9.20. The maximum atomic E-state index is 11.9. The number of piperidine rings is 1. The Bertz CT molecular complexity index is 680. The first-order chi connectivity index (χ1) is 12.0. The summed E-state index contributed by atoms with van der Waals surface area (Å²) in [5, 5.41) is 6.79. The normalized spacial score (nSPS) is 17.5. The fourth-order valence-electron chi connectivity index (χ4n) is 3.10. The van der Waals surface area contributed by atoms with Gasteiger partial charge in [0.15, 0.2) is 5.96 Å². The van der Waals surface area contributed by atoms with Crippen LogP contribution in [0, 0.1) is 0 Å². The molecule has 1 fully saturated rings. The first kappa shape index (κ1) is 19.7. The third-order valence-corrected chi connectivity index (χ3v) is 6.60. The van der Waals surface area contributed by atoms with E-state index in [1.807, 2.05) is 0 Å². The predicted octanol–water partition coefficient (Wildman–Crippen LogP) is 1.73. The lowest BCUT2D eigenvalue weighted by molar-refractivity contribution is 0.306. The fraction of sp³-hybridized carbons (Fsp3) is 0.611. The lowest BCUT2D eigenvalue weighted by Gasteiger charge is -2.32. The van der Waals surface area contributed by atoms with Crippen LogP contribution in [0.4, 0.5) is 0 Å². The van der Waals surface area contributed by atoms with Gasteiger partial charge in [0.05, 0.1) is 5.75 Å². The van der Waals surface area contributed by atoms with Crippen molar-refractivity contribution in [2.75, 3.05) is 25.9 Å². The molecule has 0 aromatic heterocycles. The van der Waals surface area contributed by atoms with E-state index in [2.05, 4.69) is 46.8 Å². The summed E-state index contributed by atoms with van der Waals surface area (Å²) < 4.78 is 25.5. The molecular formula is C18H30N4O2S. The zero-order valence-electron chi connectivity index (χ0n) is 15.5. The van der Waals surface area contributed by atoms with E-state index in [1.54, 1.807) is 18.3 Å². The standard InChI is InChI=1S/C18H30N4O2S/c1-4-15-8-6-7-9-16(15)14-20-18(19-3)21-17-10-12-22(13-11-17)25(23,24)5-2/h6-9,17H,4-5,10-14H2,1-3H3,(H2,19,20,21). The van der Waals surface area contributed by atoms with Gasteiger partial charge in [0.25, 0.3) is 0 Å². The molecule has 6 nitrogen and oxygen atoms in total. The van der Waals surface area contributed by atoms with Crippen LogP contribution in [0.25, 0.3) is 0 Å². The number of nitrogens with zero attached hydrogens (tertiary/aromatic N) is 2. The lowest BCUT2D eigenvalue weighted by Crippen LogP contribution is -2.49. The van der Waals surface area contributed by atoms with Crippen LogP contribution in [-0.2, 0) is 23.0 Å². The van der Waals surface area contributed by atoms with Crippen molar-refractivity contribution in [2.45, 2.75) is 45.7 Å². The highest BCUT2D eigenvalue weighted by Gasteiger charge is 2.26. The molecule has 1 heterocycles. The zero-order valence-corrected chi connectivity index (χ0v) is 16.3. The number of hydrogen-bond donors (Lipinski definition) is 2. The molecule has 1 aliphatic rings. The summed E-state index contributed by atoms with van der Waals surface area (Å²) in [5.41, 5.74) is 2.61. The molecule has 1 aromatic carbocycles. The Morgan fingerprint density at radius 3 is 2.40 bits per heavy atom. The van der Waals surface area contributed by atoms with Gasteiger partial charge in [-0.3, -0.25) is 4.99 Å². The summed E-state index contributed by atoms with van der Waals surface area (Å²) in [6, 6.07) is 8.64. The summed E-state index contributed by atoms with van der Waals surface area (Å²) in [6.07, 6.45) is 2.60. The molecule has 0 bridgehead atoms. The number of rotatable bonds is 6. The molecule has 0 radical (unpaired) electrons. The summed E-state index contributed by atoms with van der Waals surface area (Å²) in [4.78, 5) is 4.30. The Balaban J connectivity index is 1.85. The molecule has 1 aliphatic heterocycles. The third-order valence-electron chi connectivity index (χ3n) is 4.72. The molecule has 140 valence electrons. The van der Waals surface area contributed by atoms with Crippen molar-refractivity contribution in [1.29, 1.82) is 0 Å². The topological polar surface area (TPSA) is 73.8 Å². The number of aryl methyl sites for hydroxylation is 1. The highest BCUT2D eigenvalue weighted by Crippen LogP contribution is 2.14. The van der Waals surface area contributed by atoms with E-state index in [0.717, 1.165) is 31.8 Å². The van der Waals surface area contributed by atoms with E-state index >= 15 is 0 Å². The molecule has 0 atom stereocenters. The Morgan fingerprint density at radius 1 is 1.20 bits per heavy atom. The van der Waals surface area contributed by atoms with E-state index in [0.29, 0.717) is 13.1 Å². The molecule has 0 spiro atoms. The number of aliphatic imine (C=N–C) groups is 1. The van der Waals surface area contributed by atoms with Crippen molar-refractivity contribution in [3.05, 3.63) is 35.4 Å². The van der Waals surface area contributed by atoms with E-state index in [-0.39, 0.29) is 11.8 Å². The van der Waals surface area contributed by atoms with Crippen molar-refractivity contribution >= 4 is 16.0 Å². The Kier molecular flexibility index (Phi) is 7.25. The molecule has 0 amide bonds. The van der Waals surface area contributed by atoms with Crippen molar-refractivity contribution in [1.82, 2.24) is 14.9 Å². The fourth-order valence-corrected chi connectivity index (χ4v) is 4.23. The first-order valence-electron chi connectivity index (χ1n) is 9.02. The molecule has 0 unspecified atom stereocenters. The molecule has 2 rings (SSSR count). The SMILES string of the molecule is CCc1ccccc1CNC(=NC)NC1CCN(S(=O)(=O)CC)CC1. The Labute approximate surface area is 151 Å². The maximum absolute atomic E-state index is 11.9. The molecule has 0 aliphatic carbocycles. The van der Waals surface area contributed by atoms with Gasteiger partial charge in [-0.1, -0.05) is 31.2 Å². The van der Waals surface area contributed by atoms with Crippen molar-refractivity contribution in [2.24, 2.45) is 4.99 Å². The van der Waals surface area contributed by atoms with Gasteiger partial charge < -0.3 is 10.6 Å². The van der Waals surface area contributed by atoms with Crippen molar-refractivity contribution in [3.8, 4) is 0 Å². The summed E-state index contributed by atoms with van der Waals surface area (Å²) in [7, 11) is -1.31. The highest BCUT2D eigenvalue weighted by atomic mass is 32.2. The minimum Gasteiger partial charge on any atom is -0.354 e. The summed E-state index contributed by atoms with van der Waals surface area (Å²) in [6.45, 7) is 5.73. The monoisotopic (exact) mass is 366 g/mol. The Hall–Kier alpha value is -1.60. The van der Waals surface area contributed by atoms with Gasteiger partial charge in [-0.25, -0.2) is 12.7 Å². The average Bonchev–Trinajstić information content (AvgIpc) is 2.65. The van der Waals surface area contributed by atoms with E-state index in [4.69, 9.17) is 0 Å². The average molecular weight is 367 g/mol. The van der Waals surface area contributed by atoms with Crippen LogP contribution >= 0.6 is 0 Å².